The second-order valence-electron chi connectivity index (χ2n) is 3.30. The van der Waals surface area contributed by atoms with E-state index in [9.17, 15) is 4.79 Å². The smallest absolute Gasteiger partial charge is 0.336 e. The van der Waals surface area contributed by atoms with Crippen LogP contribution in [0.2, 0.25) is 0 Å². The van der Waals surface area contributed by atoms with Crippen molar-refractivity contribution >= 4 is 11.9 Å². The predicted octanol–water partition coefficient (Wildman–Crippen LogP) is 0.718. The van der Waals surface area contributed by atoms with Gasteiger partial charge in [-0.3, -0.25) is 10.1 Å². The molecule has 1 aromatic heterocycles. The summed E-state index contributed by atoms with van der Waals surface area (Å²) in [5.41, 5.74) is 0. The third-order valence-corrected chi connectivity index (χ3v) is 2.27. The van der Waals surface area contributed by atoms with Gasteiger partial charge in [0.25, 0.3) is 0 Å². The van der Waals surface area contributed by atoms with Crippen molar-refractivity contribution in [1.29, 1.82) is 0 Å². The Labute approximate surface area is 86.7 Å². The minimum Gasteiger partial charge on any atom is -0.466 e. The summed E-state index contributed by atoms with van der Waals surface area (Å²) >= 11 is 0. The monoisotopic (exact) mass is 208 g/mol. The van der Waals surface area contributed by atoms with Gasteiger partial charge < -0.3 is 4.74 Å². The van der Waals surface area contributed by atoms with E-state index in [0.29, 0.717) is 5.95 Å². The van der Waals surface area contributed by atoms with Gasteiger partial charge in [0.1, 0.15) is 0 Å². The standard InChI is InChI=1S/C9H12N4O2/c1-15-9-11-8(12-13-9)10-7(14)6-4-2-3-5-6/h2-3,6H,4-5H2,1H3,(H2,10,11,12,13,14). The highest BCUT2D eigenvalue weighted by Gasteiger charge is 2.20. The molecule has 0 saturated carbocycles. The molecule has 0 aromatic carbocycles. The van der Waals surface area contributed by atoms with Crippen molar-refractivity contribution < 1.29 is 9.53 Å². The number of anilines is 1. The van der Waals surface area contributed by atoms with Gasteiger partial charge in [0.2, 0.25) is 11.9 Å². The summed E-state index contributed by atoms with van der Waals surface area (Å²) in [6.07, 6.45) is 5.59. The number of rotatable bonds is 3. The molecule has 15 heavy (non-hydrogen) atoms. The molecule has 0 unspecified atom stereocenters. The highest BCUT2D eigenvalue weighted by Crippen LogP contribution is 2.19. The molecule has 0 bridgehead atoms. The van der Waals surface area contributed by atoms with Crippen LogP contribution in [0.25, 0.3) is 0 Å². The fourth-order valence-corrected chi connectivity index (χ4v) is 1.44. The molecule has 0 spiro atoms. The number of allylic oxidation sites excluding steroid dienone is 2. The second-order valence-corrected chi connectivity index (χ2v) is 3.30. The molecule has 1 aromatic rings. The summed E-state index contributed by atoms with van der Waals surface area (Å²) in [5.74, 6) is 0.295. The third-order valence-electron chi connectivity index (χ3n) is 2.27. The van der Waals surface area contributed by atoms with Crippen LogP contribution in [-0.4, -0.2) is 28.2 Å². The molecular weight excluding hydrogens is 196 g/mol. The molecule has 6 heteroatoms. The van der Waals surface area contributed by atoms with Gasteiger partial charge in [-0.1, -0.05) is 12.2 Å². The third kappa shape index (κ3) is 2.15. The van der Waals surface area contributed by atoms with Crippen molar-refractivity contribution in [2.45, 2.75) is 12.8 Å². The molecule has 2 rings (SSSR count). The van der Waals surface area contributed by atoms with Crippen LogP contribution in [0.5, 0.6) is 6.01 Å². The Kier molecular flexibility index (Phi) is 2.66. The summed E-state index contributed by atoms with van der Waals surface area (Å²) < 4.78 is 4.78. The van der Waals surface area contributed by atoms with Crippen LogP contribution < -0.4 is 10.1 Å². The molecule has 1 amide bonds. The Balaban J connectivity index is 1.93. The average Bonchev–Trinajstić information content (AvgIpc) is 2.87. The van der Waals surface area contributed by atoms with E-state index < -0.39 is 0 Å². The summed E-state index contributed by atoms with van der Waals surface area (Å²) in [6, 6.07) is 0.217. The second kappa shape index (κ2) is 4.12. The SMILES string of the molecule is COc1n[nH]c(NC(=O)C2CC=CC2)n1. The molecule has 0 fully saturated rings. The maximum atomic E-state index is 11.6. The Hall–Kier alpha value is -1.85. The number of H-pyrrole nitrogens is 1. The molecule has 2 N–H and O–H groups in total. The lowest BCUT2D eigenvalue weighted by Crippen LogP contribution is -2.21. The van der Waals surface area contributed by atoms with E-state index in [1.54, 1.807) is 0 Å². The molecule has 6 nitrogen and oxygen atoms in total. The predicted molar refractivity (Wildman–Crippen MR) is 53.4 cm³/mol. The van der Waals surface area contributed by atoms with Crippen LogP contribution >= 0.6 is 0 Å². The van der Waals surface area contributed by atoms with Crippen LogP contribution in [0.1, 0.15) is 12.8 Å². The van der Waals surface area contributed by atoms with E-state index in [0.717, 1.165) is 12.8 Å². The summed E-state index contributed by atoms with van der Waals surface area (Å²) in [6.45, 7) is 0. The molecule has 1 aliphatic carbocycles. The first-order valence-electron chi connectivity index (χ1n) is 4.72. The molecule has 0 saturated heterocycles. The zero-order valence-corrected chi connectivity index (χ0v) is 8.36. The molecular formula is C9H12N4O2. The number of nitrogens with zero attached hydrogens (tertiary/aromatic N) is 2. The van der Waals surface area contributed by atoms with E-state index in [1.807, 2.05) is 12.2 Å². The first kappa shape index (κ1) is 9.70. The Morgan fingerprint density at radius 3 is 2.93 bits per heavy atom. The number of nitrogens with one attached hydrogen (secondary N) is 2. The van der Waals surface area contributed by atoms with Gasteiger partial charge in [0.15, 0.2) is 0 Å². The van der Waals surface area contributed by atoms with Gasteiger partial charge in [0.05, 0.1) is 7.11 Å². The Bertz CT molecular complexity index is 377. The number of ether oxygens (including phenoxy) is 1. The van der Waals surface area contributed by atoms with Crippen LogP contribution in [-0.2, 0) is 4.79 Å². The number of aromatic nitrogens is 3. The zero-order chi connectivity index (χ0) is 10.7. The molecule has 80 valence electrons. The maximum absolute atomic E-state index is 11.6. The number of carbonyl (C=O) groups excluding carboxylic acids is 1. The van der Waals surface area contributed by atoms with Gasteiger partial charge >= 0.3 is 6.01 Å². The number of aromatic amines is 1. The number of amides is 1. The normalized spacial score (nSPS) is 15.5. The van der Waals surface area contributed by atoms with Crippen LogP contribution in [0.4, 0.5) is 5.95 Å². The van der Waals surface area contributed by atoms with Crippen LogP contribution in [0, 0.1) is 5.92 Å². The lowest BCUT2D eigenvalue weighted by atomic mass is 10.1. The van der Waals surface area contributed by atoms with Crippen molar-refractivity contribution in [1.82, 2.24) is 15.2 Å². The zero-order valence-electron chi connectivity index (χ0n) is 8.36. The first-order chi connectivity index (χ1) is 7.29. The lowest BCUT2D eigenvalue weighted by Gasteiger charge is -2.06. The fraction of sp³-hybridized carbons (Fsp3) is 0.444. The number of carbonyl (C=O) groups is 1. The van der Waals surface area contributed by atoms with E-state index in [4.69, 9.17) is 4.74 Å². The summed E-state index contributed by atoms with van der Waals surface area (Å²) in [5, 5.41) is 8.95. The molecule has 1 aliphatic rings. The van der Waals surface area contributed by atoms with Crippen molar-refractivity contribution in [2.75, 3.05) is 12.4 Å². The van der Waals surface area contributed by atoms with Crippen molar-refractivity contribution in [3.05, 3.63) is 12.2 Å². The minimum absolute atomic E-state index is 0.0149. The molecule has 0 atom stereocenters. The van der Waals surface area contributed by atoms with Gasteiger partial charge in [0, 0.05) is 5.92 Å². The summed E-state index contributed by atoms with van der Waals surface area (Å²) in [7, 11) is 1.47. The number of hydrogen-bond acceptors (Lipinski definition) is 4. The topological polar surface area (TPSA) is 79.9 Å². The van der Waals surface area contributed by atoms with Crippen molar-refractivity contribution in [3.63, 3.8) is 0 Å². The van der Waals surface area contributed by atoms with E-state index in [2.05, 4.69) is 20.5 Å². The van der Waals surface area contributed by atoms with Gasteiger partial charge in [-0.2, -0.15) is 4.98 Å². The number of methoxy groups -OCH3 is 1. The molecule has 1 heterocycles. The van der Waals surface area contributed by atoms with Gasteiger partial charge in [-0.25, -0.2) is 5.10 Å². The van der Waals surface area contributed by atoms with Crippen LogP contribution in [0.15, 0.2) is 12.2 Å². The summed E-state index contributed by atoms with van der Waals surface area (Å²) in [4.78, 5) is 15.5. The van der Waals surface area contributed by atoms with Gasteiger partial charge in [-0.15, -0.1) is 5.10 Å². The van der Waals surface area contributed by atoms with E-state index >= 15 is 0 Å². The molecule has 0 radical (unpaired) electrons. The lowest BCUT2D eigenvalue weighted by molar-refractivity contribution is -0.119. The first-order valence-corrected chi connectivity index (χ1v) is 4.72. The minimum atomic E-state index is -0.0428. The van der Waals surface area contributed by atoms with Gasteiger partial charge in [-0.05, 0) is 12.8 Å². The van der Waals surface area contributed by atoms with E-state index in [1.165, 1.54) is 7.11 Å². The number of hydrogen-bond donors (Lipinski definition) is 2. The molecule has 0 aliphatic heterocycles. The van der Waals surface area contributed by atoms with E-state index in [-0.39, 0.29) is 17.8 Å². The van der Waals surface area contributed by atoms with Crippen molar-refractivity contribution in [3.8, 4) is 6.01 Å². The average molecular weight is 208 g/mol. The highest BCUT2D eigenvalue weighted by atomic mass is 16.5. The quantitative estimate of drug-likeness (QED) is 0.717. The maximum Gasteiger partial charge on any atom is 0.336 e. The highest BCUT2D eigenvalue weighted by molar-refractivity contribution is 5.91. The Morgan fingerprint density at radius 1 is 1.60 bits per heavy atom. The largest absolute Gasteiger partial charge is 0.466 e. The fourth-order valence-electron chi connectivity index (χ4n) is 1.44. The Morgan fingerprint density at radius 2 is 2.33 bits per heavy atom. The van der Waals surface area contributed by atoms with Crippen molar-refractivity contribution in [2.24, 2.45) is 5.92 Å². The van der Waals surface area contributed by atoms with Crippen LogP contribution in [0.3, 0.4) is 0 Å².